The molecule has 0 atom stereocenters. The lowest BCUT2D eigenvalue weighted by atomic mass is 10.2. The van der Waals surface area contributed by atoms with E-state index in [-0.39, 0.29) is 16.1 Å². The summed E-state index contributed by atoms with van der Waals surface area (Å²) in [6, 6.07) is 18.8. The Bertz CT molecular complexity index is 1190. The molecule has 28 heavy (non-hydrogen) atoms. The molecule has 140 valence electrons. The number of hydrogen-bond acceptors (Lipinski definition) is 4. The number of sulfonamides is 1. The highest BCUT2D eigenvalue weighted by Crippen LogP contribution is 2.19. The van der Waals surface area contributed by atoms with Crippen LogP contribution in [-0.4, -0.2) is 14.3 Å². The Morgan fingerprint density at radius 1 is 0.929 bits per heavy atom. The highest BCUT2D eigenvalue weighted by molar-refractivity contribution is 7.92. The van der Waals surface area contributed by atoms with Crippen LogP contribution < -0.4 is 10.0 Å². The number of carbonyl (C=O) groups excluding carboxylic acids is 1. The SMILES string of the molecule is N#Cc1cccc(NC(=O)c2cccc(S(=O)(=O)Nc3cccc(F)c3)c2)c1. The van der Waals surface area contributed by atoms with Gasteiger partial charge in [0.25, 0.3) is 15.9 Å². The number of benzene rings is 3. The van der Waals surface area contributed by atoms with Crippen molar-refractivity contribution in [2.24, 2.45) is 0 Å². The third-order valence-electron chi connectivity index (χ3n) is 3.73. The predicted molar refractivity (Wildman–Crippen MR) is 103 cm³/mol. The maximum atomic E-state index is 13.3. The van der Waals surface area contributed by atoms with Crippen LogP contribution in [0.4, 0.5) is 15.8 Å². The van der Waals surface area contributed by atoms with Crippen LogP contribution in [-0.2, 0) is 10.0 Å². The zero-order valence-electron chi connectivity index (χ0n) is 14.4. The van der Waals surface area contributed by atoms with E-state index in [0.29, 0.717) is 11.3 Å². The van der Waals surface area contributed by atoms with Crippen LogP contribution in [0.3, 0.4) is 0 Å². The van der Waals surface area contributed by atoms with Gasteiger partial charge in [0, 0.05) is 11.3 Å². The van der Waals surface area contributed by atoms with Crippen molar-refractivity contribution in [1.29, 1.82) is 5.26 Å². The standard InChI is InChI=1S/C20H14FN3O3S/c21-16-6-3-8-18(12-16)24-28(26,27)19-9-2-5-15(11-19)20(25)23-17-7-1-4-14(10-17)13-22/h1-12,24H,(H,23,25). The predicted octanol–water partition coefficient (Wildman–Crippen LogP) is 3.75. The zero-order valence-corrected chi connectivity index (χ0v) is 15.2. The molecule has 0 fully saturated rings. The van der Waals surface area contributed by atoms with Crippen molar-refractivity contribution in [3.05, 3.63) is 89.7 Å². The summed E-state index contributed by atoms with van der Waals surface area (Å²) in [5.74, 6) is -1.11. The second-order valence-corrected chi connectivity index (χ2v) is 7.47. The van der Waals surface area contributed by atoms with Crippen LogP contribution in [0.25, 0.3) is 0 Å². The minimum absolute atomic E-state index is 0.0724. The molecule has 0 unspecified atom stereocenters. The third kappa shape index (κ3) is 4.52. The lowest BCUT2D eigenvalue weighted by molar-refractivity contribution is 0.102. The van der Waals surface area contributed by atoms with Gasteiger partial charge < -0.3 is 5.32 Å². The Morgan fingerprint density at radius 2 is 1.64 bits per heavy atom. The molecule has 0 saturated carbocycles. The van der Waals surface area contributed by atoms with Crippen molar-refractivity contribution in [3.63, 3.8) is 0 Å². The van der Waals surface area contributed by atoms with Crippen molar-refractivity contribution in [2.75, 3.05) is 10.0 Å². The van der Waals surface area contributed by atoms with Gasteiger partial charge in [0.2, 0.25) is 0 Å². The molecule has 0 heterocycles. The summed E-state index contributed by atoms with van der Waals surface area (Å²) in [4.78, 5) is 12.3. The molecule has 0 aliphatic carbocycles. The molecule has 0 radical (unpaired) electrons. The smallest absolute Gasteiger partial charge is 0.261 e. The van der Waals surface area contributed by atoms with Crippen LogP contribution in [0.1, 0.15) is 15.9 Å². The van der Waals surface area contributed by atoms with Gasteiger partial charge in [0.15, 0.2) is 0 Å². The van der Waals surface area contributed by atoms with Crippen LogP contribution >= 0.6 is 0 Å². The van der Waals surface area contributed by atoms with E-state index in [0.717, 1.165) is 6.07 Å². The number of anilines is 2. The fraction of sp³-hybridized carbons (Fsp3) is 0. The lowest BCUT2D eigenvalue weighted by Gasteiger charge is -2.10. The third-order valence-corrected chi connectivity index (χ3v) is 5.11. The molecular formula is C20H14FN3O3S. The quantitative estimate of drug-likeness (QED) is 0.687. The molecule has 6 nitrogen and oxygen atoms in total. The molecule has 3 aromatic rings. The van der Waals surface area contributed by atoms with Crippen molar-refractivity contribution in [3.8, 4) is 6.07 Å². The molecule has 1 amide bonds. The van der Waals surface area contributed by atoms with Crippen molar-refractivity contribution in [2.45, 2.75) is 4.90 Å². The van der Waals surface area contributed by atoms with Crippen molar-refractivity contribution in [1.82, 2.24) is 0 Å². The highest BCUT2D eigenvalue weighted by Gasteiger charge is 2.17. The number of nitrogens with one attached hydrogen (secondary N) is 2. The molecule has 3 aromatic carbocycles. The van der Waals surface area contributed by atoms with Crippen LogP contribution in [0.15, 0.2) is 77.7 Å². The zero-order chi connectivity index (χ0) is 20.1. The number of amides is 1. The van der Waals surface area contributed by atoms with Gasteiger partial charge in [-0.15, -0.1) is 0 Å². The molecule has 2 N–H and O–H groups in total. The van der Waals surface area contributed by atoms with Gasteiger partial charge in [-0.3, -0.25) is 9.52 Å². The van der Waals surface area contributed by atoms with E-state index in [1.54, 1.807) is 18.2 Å². The van der Waals surface area contributed by atoms with Gasteiger partial charge >= 0.3 is 0 Å². The average molecular weight is 395 g/mol. The topological polar surface area (TPSA) is 99.1 Å². The summed E-state index contributed by atoms with van der Waals surface area (Å²) < 4.78 is 40.6. The number of halogens is 1. The molecular weight excluding hydrogens is 381 g/mol. The Kier molecular flexibility index (Phi) is 5.38. The normalized spacial score (nSPS) is 10.7. The first-order valence-corrected chi connectivity index (χ1v) is 9.56. The fourth-order valence-corrected chi connectivity index (χ4v) is 3.54. The fourth-order valence-electron chi connectivity index (χ4n) is 2.44. The highest BCUT2D eigenvalue weighted by atomic mass is 32.2. The first-order valence-electron chi connectivity index (χ1n) is 8.07. The van der Waals surface area contributed by atoms with Crippen LogP contribution in [0, 0.1) is 17.1 Å². The van der Waals surface area contributed by atoms with Crippen LogP contribution in [0.2, 0.25) is 0 Å². The molecule has 3 rings (SSSR count). The molecule has 8 heteroatoms. The van der Waals surface area contributed by atoms with E-state index in [9.17, 15) is 17.6 Å². The summed E-state index contributed by atoms with van der Waals surface area (Å²) in [5, 5.41) is 11.5. The summed E-state index contributed by atoms with van der Waals surface area (Å²) >= 11 is 0. The second kappa shape index (κ2) is 7.90. The molecule has 0 saturated heterocycles. The number of nitrogens with zero attached hydrogens (tertiary/aromatic N) is 1. The average Bonchev–Trinajstić information content (AvgIpc) is 2.68. The maximum absolute atomic E-state index is 13.3. The molecule has 0 bridgehead atoms. The van der Waals surface area contributed by atoms with Gasteiger partial charge in [-0.2, -0.15) is 5.26 Å². The second-order valence-electron chi connectivity index (χ2n) is 5.79. The van der Waals surface area contributed by atoms with Gasteiger partial charge in [-0.1, -0.05) is 18.2 Å². The van der Waals surface area contributed by atoms with Gasteiger partial charge in [-0.05, 0) is 54.6 Å². The Hall–Kier alpha value is -3.70. The summed E-state index contributed by atoms with van der Waals surface area (Å²) in [6.07, 6.45) is 0. The Labute approximate surface area is 161 Å². The minimum atomic E-state index is -4.01. The minimum Gasteiger partial charge on any atom is -0.322 e. The Morgan fingerprint density at radius 3 is 2.39 bits per heavy atom. The largest absolute Gasteiger partial charge is 0.322 e. The van der Waals surface area contributed by atoms with E-state index >= 15 is 0 Å². The summed E-state index contributed by atoms with van der Waals surface area (Å²) in [6.45, 7) is 0. The lowest BCUT2D eigenvalue weighted by Crippen LogP contribution is -2.16. The first-order chi connectivity index (χ1) is 13.4. The number of nitriles is 1. The van der Waals surface area contributed by atoms with Gasteiger partial charge in [0.1, 0.15) is 5.82 Å². The van der Waals surface area contributed by atoms with Crippen LogP contribution in [0.5, 0.6) is 0 Å². The first kappa shape index (κ1) is 19.1. The number of rotatable bonds is 5. The Balaban J connectivity index is 1.82. The van der Waals surface area contributed by atoms with E-state index in [1.807, 2.05) is 6.07 Å². The van der Waals surface area contributed by atoms with Gasteiger partial charge in [-0.25, -0.2) is 12.8 Å². The van der Waals surface area contributed by atoms with Crippen molar-refractivity contribution < 1.29 is 17.6 Å². The van der Waals surface area contributed by atoms with E-state index < -0.39 is 21.7 Å². The molecule has 0 spiro atoms. The summed E-state index contributed by atoms with van der Waals surface area (Å²) in [5.41, 5.74) is 0.983. The maximum Gasteiger partial charge on any atom is 0.261 e. The molecule has 0 aliphatic heterocycles. The number of hydrogen-bond donors (Lipinski definition) is 2. The van der Waals surface area contributed by atoms with E-state index in [2.05, 4.69) is 10.0 Å². The van der Waals surface area contributed by atoms with Crippen molar-refractivity contribution >= 4 is 27.3 Å². The molecule has 0 aromatic heterocycles. The molecule has 0 aliphatic rings. The monoisotopic (exact) mass is 395 g/mol. The van der Waals surface area contributed by atoms with E-state index in [1.165, 1.54) is 48.5 Å². The summed E-state index contributed by atoms with van der Waals surface area (Å²) in [7, 11) is -4.01. The van der Waals surface area contributed by atoms with E-state index in [4.69, 9.17) is 5.26 Å². The van der Waals surface area contributed by atoms with Gasteiger partial charge in [0.05, 0.1) is 22.2 Å². The number of carbonyl (C=O) groups is 1.